The molecule has 0 aliphatic rings. The van der Waals surface area contributed by atoms with Crippen molar-refractivity contribution in [3.8, 4) is 0 Å². The molecular weight excluding hydrogens is 220 g/mol. The molecule has 4 heteroatoms. The maximum absolute atomic E-state index is 11.6. The lowest BCUT2D eigenvalue weighted by atomic mass is 10.0. The fraction of sp³-hybridized carbons (Fsp3) is 0.583. The summed E-state index contributed by atoms with van der Waals surface area (Å²) in [6.07, 6.45) is 1.63. The highest BCUT2D eigenvalue weighted by molar-refractivity contribution is 7.09. The summed E-state index contributed by atoms with van der Waals surface area (Å²) in [5.74, 6) is 0.420. The lowest BCUT2D eigenvalue weighted by Crippen LogP contribution is -2.42. The topological polar surface area (TPSA) is 55.1 Å². The Morgan fingerprint density at radius 3 is 2.88 bits per heavy atom. The van der Waals surface area contributed by atoms with E-state index in [1.54, 1.807) is 11.3 Å². The van der Waals surface area contributed by atoms with Gasteiger partial charge in [0.15, 0.2) is 0 Å². The molecule has 3 nitrogen and oxygen atoms in total. The number of thiophene rings is 1. The fourth-order valence-corrected chi connectivity index (χ4v) is 2.22. The zero-order valence-corrected chi connectivity index (χ0v) is 10.7. The first-order valence-electron chi connectivity index (χ1n) is 5.65. The van der Waals surface area contributed by atoms with Gasteiger partial charge in [0.25, 0.3) is 0 Å². The highest BCUT2D eigenvalue weighted by atomic mass is 32.1. The minimum atomic E-state index is -0.372. The summed E-state index contributed by atoms with van der Waals surface area (Å²) in [5, 5.41) is 4.91. The Morgan fingerprint density at radius 2 is 2.31 bits per heavy atom. The highest BCUT2D eigenvalue weighted by Crippen LogP contribution is 2.08. The summed E-state index contributed by atoms with van der Waals surface area (Å²) in [4.78, 5) is 12.9. The molecule has 0 saturated heterocycles. The van der Waals surface area contributed by atoms with Crippen molar-refractivity contribution in [1.29, 1.82) is 0 Å². The third-order valence-corrected chi connectivity index (χ3v) is 3.25. The van der Waals surface area contributed by atoms with E-state index >= 15 is 0 Å². The first kappa shape index (κ1) is 13.2. The zero-order valence-electron chi connectivity index (χ0n) is 9.90. The molecule has 1 amide bonds. The lowest BCUT2D eigenvalue weighted by Gasteiger charge is -2.13. The molecule has 0 bridgehead atoms. The van der Waals surface area contributed by atoms with Crippen LogP contribution in [0.25, 0.3) is 0 Å². The third kappa shape index (κ3) is 4.77. The predicted octanol–water partition coefficient (Wildman–Crippen LogP) is 1.78. The van der Waals surface area contributed by atoms with Crippen LogP contribution < -0.4 is 11.1 Å². The first-order chi connectivity index (χ1) is 7.59. The second kappa shape index (κ2) is 6.66. The molecule has 0 fully saturated rings. The molecule has 0 aliphatic heterocycles. The van der Waals surface area contributed by atoms with Gasteiger partial charge in [0.05, 0.1) is 6.04 Å². The van der Waals surface area contributed by atoms with E-state index in [1.165, 1.54) is 4.88 Å². The summed E-state index contributed by atoms with van der Waals surface area (Å²) >= 11 is 1.71. The number of hydrogen-bond donors (Lipinski definition) is 2. The van der Waals surface area contributed by atoms with Crippen LogP contribution >= 0.6 is 11.3 Å². The van der Waals surface area contributed by atoms with Crippen molar-refractivity contribution in [2.24, 2.45) is 11.7 Å². The van der Waals surface area contributed by atoms with Gasteiger partial charge in [0.1, 0.15) is 0 Å². The van der Waals surface area contributed by atoms with Crippen LogP contribution in [0.2, 0.25) is 0 Å². The van der Waals surface area contributed by atoms with E-state index in [2.05, 4.69) is 25.2 Å². The largest absolute Gasteiger partial charge is 0.354 e. The standard InChI is InChI=1S/C12H20N2OS/c1-9(2)8-11(13)12(15)14-6-5-10-4-3-7-16-10/h3-4,7,9,11H,5-6,8,13H2,1-2H3,(H,14,15). The van der Waals surface area contributed by atoms with Gasteiger partial charge < -0.3 is 11.1 Å². The Balaban J connectivity index is 2.19. The number of carbonyl (C=O) groups excluding carboxylic acids is 1. The lowest BCUT2D eigenvalue weighted by molar-refractivity contribution is -0.122. The van der Waals surface area contributed by atoms with E-state index in [1.807, 2.05) is 11.4 Å². The molecule has 0 aromatic carbocycles. The summed E-state index contributed by atoms with van der Waals surface area (Å²) in [6.45, 7) is 4.81. The van der Waals surface area contributed by atoms with Gasteiger partial charge >= 0.3 is 0 Å². The minimum Gasteiger partial charge on any atom is -0.354 e. The molecule has 1 atom stereocenters. The van der Waals surface area contributed by atoms with Crippen molar-refractivity contribution in [2.45, 2.75) is 32.7 Å². The van der Waals surface area contributed by atoms with E-state index in [9.17, 15) is 4.79 Å². The van der Waals surface area contributed by atoms with Crippen molar-refractivity contribution in [3.63, 3.8) is 0 Å². The van der Waals surface area contributed by atoms with Gasteiger partial charge in [0, 0.05) is 11.4 Å². The summed E-state index contributed by atoms with van der Waals surface area (Å²) < 4.78 is 0. The van der Waals surface area contributed by atoms with Crippen LogP contribution in [0.5, 0.6) is 0 Å². The molecule has 16 heavy (non-hydrogen) atoms. The summed E-state index contributed by atoms with van der Waals surface area (Å²) in [5.41, 5.74) is 5.77. The van der Waals surface area contributed by atoms with Crippen LogP contribution in [0.1, 0.15) is 25.1 Å². The Labute approximate surface area is 101 Å². The number of nitrogens with one attached hydrogen (secondary N) is 1. The molecule has 0 radical (unpaired) electrons. The van der Waals surface area contributed by atoms with Crippen LogP contribution in [-0.4, -0.2) is 18.5 Å². The molecule has 1 aromatic rings. The average Bonchev–Trinajstić information content (AvgIpc) is 2.69. The summed E-state index contributed by atoms with van der Waals surface area (Å²) in [7, 11) is 0. The second-order valence-electron chi connectivity index (χ2n) is 4.36. The van der Waals surface area contributed by atoms with E-state index in [0.717, 1.165) is 12.8 Å². The molecule has 1 unspecified atom stereocenters. The van der Waals surface area contributed by atoms with Crippen molar-refractivity contribution < 1.29 is 4.79 Å². The maximum Gasteiger partial charge on any atom is 0.236 e. The minimum absolute atomic E-state index is 0.0368. The zero-order chi connectivity index (χ0) is 12.0. The first-order valence-corrected chi connectivity index (χ1v) is 6.53. The Morgan fingerprint density at radius 1 is 1.56 bits per heavy atom. The van der Waals surface area contributed by atoms with Gasteiger partial charge in [0.2, 0.25) is 5.91 Å². The van der Waals surface area contributed by atoms with Crippen LogP contribution in [0, 0.1) is 5.92 Å². The molecular formula is C12H20N2OS. The Kier molecular flexibility index (Phi) is 5.49. The smallest absolute Gasteiger partial charge is 0.236 e. The van der Waals surface area contributed by atoms with Gasteiger partial charge in [-0.2, -0.15) is 0 Å². The van der Waals surface area contributed by atoms with E-state index in [4.69, 9.17) is 5.73 Å². The predicted molar refractivity (Wildman–Crippen MR) is 68.5 cm³/mol. The van der Waals surface area contributed by atoms with Crippen LogP contribution in [0.4, 0.5) is 0 Å². The number of nitrogens with two attached hydrogens (primary N) is 1. The molecule has 90 valence electrons. The Hall–Kier alpha value is -0.870. The monoisotopic (exact) mass is 240 g/mol. The Bertz CT molecular complexity index is 309. The SMILES string of the molecule is CC(C)CC(N)C(=O)NCCc1cccs1. The molecule has 1 rings (SSSR count). The summed E-state index contributed by atoms with van der Waals surface area (Å²) in [6, 6.07) is 3.72. The number of amides is 1. The van der Waals surface area contributed by atoms with Crippen LogP contribution in [0.15, 0.2) is 17.5 Å². The molecule has 0 spiro atoms. The quantitative estimate of drug-likeness (QED) is 0.796. The van der Waals surface area contributed by atoms with Crippen LogP contribution in [-0.2, 0) is 11.2 Å². The fourth-order valence-electron chi connectivity index (χ4n) is 1.51. The van der Waals surface area contributed by atoms with Crippen molar-refractivity contribution in [1.82, 2.24) is 5.32 Å². The van der Waals surface area contributed by atoms with Gasteiger partial charge in [-0.1, -0.05) is 19.9 Å². The van der Waals surface area contributed by atoms with Gasteiger partial charge in [-0.3, -0.25) is 4.79 Å². The molecule has 1 aromatic heterocycles. The van der Waals surface area contributed by atoms with Gasteiger partial charge in [-0.05, 0) is 30.2 Å². The molecule has 0 saturated carbocycles. The number of carbonyl (C=O) groups is 1. The maximum atomic E-state index is 11.6. The average molecular weight is 240 g/mol. The van der Waals surface area contributed by atoms with Crippen molar-refractivity contribution in [3.05, 3.63) is 22.4 Å². The molecule has 0 aliphatic carbocycles. The van der Waals surface area contributed by atoms with Gasteiger partial charge in [-0.25, -0.2) is 0 Å². The molecule has 3 N–H and O–H groups in total. The van der Waals surface area contributed by atoms with E-state index in [0.29, 0.717) is 12.5 Å². The number of rotatable bonds is 6. The highest BCUT2D eigenvalue weighted by Gasteiger charge is 2.13. The van der Waals surface area contributed by atoms with Crippen molar-refractivity contribution >= 4 is 17.2 Å². The van der Waals surface area contributed by atoms with E-state index in [-0.39, 0.29) is 11.9 Å². The molecule has 1 heterocycles. The normalized spacial score (nSPS) is 12.8. The van der Waals surface area contributed by atoms with Gasteiger partial charge in [-0.15, -0.1) is 11.3 Å². The third-order valence-electron chi connectivity index (χ3n) is 2.31. The van der Waals surface area contributed by atoms with Crippen molar-refractivity contribution in [2.75, 3.05) is 6.54 Å². The second-order valence-corrected chi connectivity index (χ2v) is 5.39. The number of hydrogen-bond acceptors (Lipinski definition) is 3. The van der Waals surface area contributed by atoms with E-state index < -0.39 is 0 Å². The van der Waals surface area contributed by atoms with Crippen LogP contribution in [0.3, 0.4) is 0 Å².